The second-order valence-corrected chi connectivity index (χ2v) is 5.79. The number of hydrogen-bond acceptors (Lipinski definition) is 4. The summed E-state index contributed by atoms with van der Waals surface area (Å²) < 4.78 is 27.2. The summed E-state index contributed by atoms with van der Waals surface area (Å²) in [5.74, 6) is -1.98. The second-order valence-electron chi connectivity index (χ2n) is 3.25. The Balaban J connectivity index is 2.11. The molecule has 3 N–H and O–H groups in total. The third kappa shape index (κ3) is 2.92. The molecule has 17 heavy (non-hydrogen) atoms. The molecule has 0 spiro atoms. The Kier molecular flexibility index (Phi) is 3.58. The first-order valence-corrected chi connectivity index (χ1v) is 6.27. The molecule has 0 radical (unpaired) electrons. The van der Waals surface area contributed by atoms with E-state index >= 15 is 0 Å². The zero-order chi connectivity index (χ0) is 12.4. The molecule has 3 nitrogen and oxygen atoms in total. The third-order valence-electron chi connectivity index (χ3n) is 2.02. The van der Waals surface area contributed by atoms with Crippen LogP contribution in [0.1, 0.15) is 4.88 Å². The van der Waals surface area contributed by atoms with Crippen LogP contribution in [0.2, 0.25) is 0 Å². The number of rotatable bonds is 3. The van der Waals surface area contributed by atoms with Gasteiger partial charge < -0.3 is 11.1 Å². The minimum Gasteiger partial charge on any atom is -0.381 e. The first-order chi connectivity index (χ1) is 8.06. The van der Waals surface area contributed by atoms with E-state index in [1.165, 1.54) is 11.3 Å². The number of nitrogen functional groups attached to an aromatic ring is 1. The van der Waals surface area contributed by atoms with Gasteiger partial charge in [0.2, 0.25) is 0 Å². The molecule has 90 valence electrons. The predicted molar refractivity (Wildman–Crippen MR) is 67.9 cm³/mol. The SMILES string of the molecule is Nc1nc(NCc2ccc(Br)s2)c(F)cc1F. The highest BCUT2D eigenvalue weighted by Crippen LogP contribution is 2.23. The van der Waals surface area contributed by atoms with Gasteiger partial charge in [-0.1, -0.05) is 0 Å². The van der Waals surface area contributed by atoms with Crippen LogP contribution < -0.4 is 11.1 Å². The summed E-state index contributed by atoms with van der Waals surface area (Å²) in [6.07, 6.45) is 0. The first kappa shape index (κ1) is 12.3. The van der Waals surface area contributed by atoms with Crippen LogP contribution in [0.4, 0.5) is 20.4 Å². The van der Waals surface area contributed by atoms with Crippen LogP contribution in [0, 0.1) is 11.6 Å². The molecular formula is C10H8BrF2N3S. The van der Waals surface area contributed by atoms with Gasteiger partial charge in [0, 0.05) is 10.9 Å². The number of anilines is 2. The molecule has 0 unspecified atom stereocenters. The van der Waals surface area contributed by atoms with Gasteiger partial charge in [-0.3, -0.25) is 0 Å². The largest absolute Gasteiger partial charge is 0.381 e. The van der Waals surface area contributed by atoms with Crippen molar-refractivity contribution in [3.05, 3.63) is 38.5 Å². The van der Waals surface area contributed by atoms with E-state index < -0.39 is 11.6 Å². The van der Waals surface area contributed by atoms with E-state index in [1.54, 1.807) is 0 Å². The number of aromatic nitrogens is 1. The van der Waals surface area contributed by atoms with E-state index in [1.807, 2.05) is 12.1 Å². The number of halogens is 3. The van der Waals surface area contributed by atoms with Crippen LogP contribution in [0.5, 0.6) is 0 Å². The second kappa shape index (κ2) is 4.97. The lowest BCUT2D eigenvalue weighted by atomic mass is 10.4. The lowest BCUT2D eigenvalue weighted by Gasteiger charge is -2.06. The Bertz CT molecular complexity index is 544. The molecule has 2 aromatic rings. The van der Waals surface area contributed by atoms with E-state index in [-0.39, 0.29) is 11.6 Å². The van der Waals surface area contributed by atoms with E-state index in [4.69, 9.17) is 5.73 Å². The number of nitrogens with one attached hydrogen (secondary N) is 1. The van der Waals surface area contributed by atoms with Gasteiger partial charge in [-0.2, -0.15) is 0 Å². The van der Waals surface area contributed by atoms with Gasteiger partial charge in [0.1, 0.15) is 0 Å². The van der Waals surface area contributed by atoms with Crippen molar-refractivity contribution in [1.82, 2.24) is 4.98 Å². The Labute approximate surface area is 109 Å². The third-order valence-corrected chi connectivity index (χ3v) is 3.64. The first-order valence-electron chi connectivity index (χ1n) is 4.66. The molecule has 0 aliphatic heterocycles. The Morgan fingerprint density at radius 1 is 1.35 bits per heavy atom. The standard InChI is InChI=1S/C10H8BrF2N3S/c11-8-2-1-5(17-8)4-15-10-7(13)3-6(12)9(14)16-10/h1-3H,4H2,(H3,14,15,16). The lowest BCUT2D eigenvalue weighted by molar-refractivity contribution is 0.579. The molecule has 2 heterocycles. The van der Waals surface area contributed by atoms with E-state index in [2.05, 4.69) is 26.2 Å². The summed E-state index contributed by atoms with van der Waals surface area (Å²) in [5, 5.41) is 2.77. The molecular weight excluding hydrogens is 312 g/mol. The topological polar surface area (TPSA) is 50.9 Å². The van der Waals surface area contributed by atoms with E-state index in [0.29, 0.717) is 6.54 Å². The maximum atomic E-state index is 13.3. The number of hydrogen-bond donors (Lipinski definition) is 2. The molecule has 2 aromatic heterocycles. The molecule has 0 fully saturated rings. The van der Waals surface area contributed by atoms with Gasteiger partial charge in [0.25, 0.3) is 0 Å². The normalized spacial score (nSPS) is 10.5. The Morgan fingerprint density at radius 2 is 2.12 bits per heavy atom. The molecule has 0 atom stereocenters. The lowest BCUT2D eigenvalue weighted by Crippen LogP contribution is -2.06. The summed E-state index contributed by atoms with van der Waals surface area (Å²) in [4.78, 5) is 4.60. The molecule has 2 rings (SSSR count). The molecule has 7 heteroatoms. The molecule has 0 aliphatic rings. The van der Waals surface area contributed by atoms with E-state index in [9.17, 15) is 8.78 Å². The van der Waals surface area contributed by atoms with Gasteiger partial charge in [-0.15, -0.1) is 11.3 Å². The molecule has 0 aromatic carbocycles. The van der Waals surface area contributed by atoms with Crippen molar-refractivity contribution in [3.63, 3.8) is 0 Å². The number of pyridine rings is 1. The number of nitrogens with two attached hydrogens (primary N) is 1. The highest BCUT2D eigenvalue weighted by atomic mass is 79.9. The molecule has 0 amide bonds. The minimum atomic E-state index is -0.855. The van der Waals surface area contributed by atoms with Crippen molar-refractivity contribution in [1.29, 1.82) is 0 Å². The summed E-state index contributed by atoms with van der Waals surface area (Å²) in [7, 11) is 0. The Hall–Kier alpha value is -1.21. The van der Waals surface area contributed by atoms with Crippen molar-refractivity contribution in [3.8, 4) is 0 Å². The average molecular weight is 320 g/mol. The van der Waals surface area contributed by atoms with Gasteiger partial charge in [-0.05, 0) is 28.1 Å². The van der Waals surface area contributed by atoms with Crippen molar-refractivity contribution in [2.45, 2.75) is 6.54 Å². The van der Waals surface area contributed by atoms with Crippen LogP contribution in [-0.2, 0) is 6.54 Å². The minimum absolute atomic E-state index is 0.0478. The fourth-order valence-corrected chi connectivity index (χ4v) is 2.65. The predicted octanol–water partition coefficient (Wildman–Crippen LogP) is 3.38. The molecule has 0 bridgehead atoms. The van der Waals surface area contributed by atoms with Crippen LogP contribution in [-0.4, -0.2) is 4.98 Å². The van der Waals surface area contributed by atoms with Crippen molar-refractivity contribution in [2.75, 3.05) is 11.1 Å². The highest BCUT2D eigenvalue weighted by Gasteiger charge is 2.09. The van der Waals surface area contributed by atoms with Crippen LogP contribution in [0.25, 0.3) is 0 Å². The summed E-state index contributed by atoms with van der Waals surface area (Å²) in [6, 6.07) is 4.51. The maximum absolute atomic E-state index is 13.3. The van der Waals surface area contributed by atoms with Crippen LogP contribution in [0.3, 0.4) is 0 Å². The number of nitrogens with zero attached hydrogens (tertiary/aromatic N) is 1. The monoisotopic (exact) mass is 319 g/mol. The number of thiophene rings is 1. The Morgan fingerprint density at radius 3 is 2.76 bits per heavy atom. The van der Waals surface area contributed by atoms with Gasteiger partial charge in [-0.25, -0.2) is 13.8 Å². The summed E-state index contributed by atoms with van der Waals surface area (Å²) in [6.45, 7) is 0.408. The van der Waals surface area contributed by atoms with Gasteiger partial charge in [0.15, 0.2) is 23.3 Å². The fraction of sp³-hybridized carbons (Fsp3) is 0.100. The van der Waals surface area contributed by atoms with Gasteiger partial charge in [0.05, 0.1) is 10.3 Å². The van der Waals surface area contributed by atoms with Crippen molar-refractivity contribution >= 4 is 38.9 Å². The molecule has 0 saturated carbocycles. The summed E-state index contributed by atoms with van der Waals surface area (Å²) >= 11 is 4.84. The van der Waals surface area contributed by atoms with Crippen molar-refractivity contribution in [2.24, 2.45) is 0 Å². The van der Waals surface area contributed by atoms with Crippen LogP contribution >= 0.6 is 27.3 Å². The maximum Gasteiger partial charge on any atom is 0.168 e. The van der Waals surface area contributed by atoms with E-state index in [0.717, 1.165) is 14.7 Å². The zero-order valence-electron chi connectivity index (χ0n) is 8.51. The zero-order valence-corrected chi connectivity index (χ0v) is 10.9. The molecule has 0 saturated heterocycles. The van der Waals surface area contributed by atoms with Crippen LogP contribution in [0.15, 0.2) is 22.0 Å². The highest BCUT2D eigenvalue weighted by molar-refractivity contribution is 9.11. The average Bonchev–Trinajstić information content (AvgIpc) is 2.68. The fourth-order valence-electron chi connectivity index (χ4n) is 1.22. The smallest absolute Gasteiger partial charge is 0.168 e. The summed E-state index contributed by atoms with van der Waals surface area (Å²) in [5.41, 5.74) is 5.26. The van der Waals surface area contributed by atoms with Crippen molar-refractivity contribution < 1.29 is 8.78 Å². The molecule has 0 aliphatic carbocycles. The quantitative estimate of drug-likeness (QED) is 0.911. The van der Waals surface area contributed by atoms with Gasteiger partial charge >= 0.3 is 0 Å².